The molecule has 32 heavy (non-hydrogen) atoms. The molecular weight excluding hydrogens is 404 g/mol. The summed E-state index contributed by atoms with van der Waals surface area (Å²) in [7, 11) is 0. The van der Waals surface area contributed by atoms with Crippen LogP contribution in [0.3, 0.4) is 0 Å². The number of ether oxygens (including phenoxy) is 3. The Morgan fingerprint density at radius 2 is 1.03 bits per heavy atom. The zero-order chi connectivity index (χ0) is 22.6. The number of hydrogen-bond donors (Lipinski definition) is 1. The number of rotatable bonds is 13. The molecule has 0 spiro atoms. The Bertz CT molecular complexity index is 899. The first-order chi connectivity index (χ1) is 15.7. The van der Waals surface area contributed by atoms with Crippen molar-refractivity contribution in [2.45, 2.75) is 51.2 Å². The summed E-state index contributed by atoms with van der Waals surface area (Å²) in [5.41, 5.74) is 2.87. The smallest absolute Gasteiger partial charge is 0.151 e. The molecule has 4 atom stereocenters. The average Bonchev–Trinajstić information content (AvgIpc) is 2.84. The SMILES string of the molecule is C[C@@H](O)[C@@H](OCc1ccccc1)[C@@H](OCc1ccccc1)[C@H](C=O)OCc1ccccc1. The van der Waals surface area contributed by atoms with Crippen molar-refractivity contribution in [3.63, 3.8) is 0 Å². The van der Waals surface area contributed by atoms with E-state index < -0.39 is 24.4 Å². The van der Waals surface area contributed by atoms with Crippen molar-refractivity contribution in [1.29, 1.82) is 0 Å². The van der Waals surface area contributed by atoms with Crippen LogP contribution < -0.4 is 0 Å². The van der Waals surface area contributed by atoms with Crippen LogP contribution in [0.15, 0.2) is 91.0 Å². The minimum absolute atomic E-state index is 0.251. The van der Waals surface area contributed by atoms with Gasteiger partial charge in [0.25, 0.3) is 0 Å². The van der Waals surface area contributed by atoms with Gasteiger partial charge in [0.05, 0.1) is 25.9 Å². The predicted octanol–water partition coefficient (Wildman–Crippen LogP) is 4.32. The molecule has 168 valence electrons. The van der Waals surface area contributed by atoms with Gasteiger partial charge in [-0.25, -0.2) is 0 Å². The highest BCUT2D eigenvalue weighted by molar-refractivity contribution is 5.57. The van der Waals surface area contributed by atoms with E-state index in [1.165, 1.54) is 0 Å². The average molecular weight is 435 g/mol. The molecule has 3 aromatic carbocycles. The molecule has 0 aliphatic carbocycles. The quantitative estimate of drug-likeness (QED) is 0.406. The van der Waals surface area contributed by atoms with E-state index in [1.807, 2.05) is 91.0 Å². The van der Waals surface area contributed by atoms with E-state index in [4.69, 9.17) is 14.2 Å². The Morgan fingerprint density at radius 1 is 0.656 bits per heavy atom. The molecule has 0 aliphatic rings. The molecule has 0 heterocycles. The molecule has 0 bridgehead atoms. The van der Waals surface area contributed by atoms with Crippen LogP contribution in [-0.2, 0) is 38.8 Å². The van der Waals surface area contributed by atoms with Crippen LogP contribution in [0.1, 0.15) is 23.6 Å². The Morgan fingerprint density at radius 3 is 1.41 bits per heavy atom. The van der Waals surface area contributed by atoms with Gasteiger partial charge in [-0.2, -0.15) is 0 Å². The second-order valence-electron chi connectivity index (χ2n) is 7.66. The first-order valence-electron chi connectivity index (χ1n) is 10.8. The van der Waals surface area contributed by atoms with Crippen molar-refractivity contribution in [1.82, 2.24) is 0 Å². The highest BCUT2D eigenvalue weighted by Crippen LogP contribution is 2.20. The Hall–Kier alpha value is -2.83. The van der Waals surface area contributed by atoms with Crippen LogP contribution >= 0.6 is 0 Å². The van der Waals surface area contributed by atoms with Crippen molar-refractivity contribution in [2.24, 2.45) is 0 Å². The lowest BCUT2D eigenvalue weighted by Gasteiger charge is -2.33. The molecule has 0 saturated heterocycles. The fraction of sp³-hybridized carbons (Fsp3) is 0.296. The second kappa shape index (κ2) is 12.9. The normalized spacial score (nSPS) is 14.9. The number of carbonyl (C=O) groups is 1. The molecule has 0 saturated carbocycles. The number of hydrogen-bond acceptors (Lipinski definition) is 5. The number of carbonyl (C=O) groups excluding carboxylic acids is 1. The lowest BCUT2D eigenvalue weighted by Crippen LogP contribution is -2.48. The molecule has 0 amide bonds. The van der Waals surface area contributed by atoms with Gasteiger partial charge in [0.15, 0.2) is 6.29 Å². The van der Waals surface area contributed by atoms with Gasteiger partial charge in [-0.1, -0.05) is 91.0 Å². The fourth-order valence-corrected chi connectivity index (χ4v) is 3.40. The van der Waals surface area contributed by atoms with E-state index >= 15 is 0 Å². The summed E-state index contributed by atoms with van der Waals surface area (Å²) in [6.07, 6.45) is -2.61. The maximum Gasteiger partial charge on any atom is 0.151 e. The van der Waals surface area contributed by atoms with E-state index in [0.717, 1.165) is 23.0 Å². The Balaban J connectivity index is 1.76. The van der Waals surface area contributed by atoms with Gasteiger partial charge in [0.2, 0.25) is 0 Å². The molecule has 0 aliphatic heterocycles. The van der Waals surface area contributed by atoms with E-state index in [-0.39, 0.29) is 19.8 Å². The first kappa shape index (κ1) is 23.8. The molecule has 5 heteroatoms. The summed E-state index contributed by atoms with van der Waals surface area (Å²) >= 11 is 0. The van der Waals surface area contributed by atoms with E-state index in [9.17, 15) is 9.90 Å². The van der Waals surface area contributed by atoms with E-state index in [1.54, 1.807) is 6.92 Å². The highest BCUT2D eigenvalue weighted by atomic mass is 16.6. The van der Waals surface area contributed by atoms with E-state index in [0.29, 0.717) is 0 Å². The van der Waals surface area contributed by atoms with Crippen LogP contribution in [0.4, 0.5) is 0 Å². The molecule has 1 N–H and O–H groups in total. The molecule has 0 aromatic heterocycles. The van der Waals surface area contributed by atoms with E-state index in [2.05, 4.69) is 0 Å². The number of aliphatic hydroxyl groups is 1. The van der Waals surface area contributed by atoms with Crippen LogP contribution in [0.25, 0.3) is 0 Å². The van der Waals surface area contributed by atoms with Crippen LogP contribution in [0.5, 0.6) is 0 Å². The third kappa shape index (κ3) is 7.39. The van der Waals surface area contributed by atoms with Gasteiger partial charge in [0.1, 0.15) is 18.3 Å². The van der Waals surface area contributed by atoms with Gasteiger partial charge in [-0.15, -0.1) is 0 Å². The Labute approximate surface area is 189 Å². The fourth-order valence-electron chi connectivity index (χ4n) is 3.40. The van der Waals surface area contributed by atoms with Gasteiger partial charge in [0, 0.05) is 0 Å². The van der Waals surface area contributed by atoms with Crippen LogP contribution in [-0.4, -0.2) is 35.8 Å². The summed E-state index contributed by atoms with van der Waals surface area (Å²) in [6, 6.07) is 29.0. The summed E-state index contributed by atoms with van der Waals surface area (Å²) in [6.45, 7) is 2.43. The molecule has 3 aromatic rings. The number of aliphatic hydroxyl groups excluding tert-OH is 1. The summed E-state index contributed by atoms with van der Waals surface area (Å²) < 4.78 is 18.1. The predicted molar refractivity (Wildman–Crippen MR) is 123 cm³/mol. The zero-order valence-electron chi connectivity index (χ0n) is 18.2. The standard InChI is InChI=1S/C27H30O5/c1-21(29)26(31-19-23-13-7-3-8-14-23)27(32-20-24-15-9-4-10-16-24)25(17-28)30-18-22-11-5-2-6-12-22/h2-17,21,25-27,29H,18-20H2,1H3/t21-,25+,26-,27+/m1/s1. The van der Waals surface area contributed by atoms with Crippen LogP contribution in [0, 0.1) is 0 Å². The van der Waals surface area contributed by atoms with Gasteiger partial charge in [-0.3, -0.25) is 0 Å². The molecule has 0 radical (unpaired) electrons. The number of aldehydes is 1. The van der Waals surface area contributed by atoms with Crippen molar-refractivity contribution in [3.05, 3.63) is 108 Å². The maximum absolute atomic E-state index is 12.0. The largest absolute Gasteiger partial charge is 0.391 e. The zero-order valence-corrected chi connectivity index (χ0v) is 18.2. The van der Waals surface area contributed by atoms with Gasteiger partial charge in [-0.05, 0) is 23.6 Å². The molecular formula is C27H30O5. The van der Waals surface area contributed by atoms with Gasteiger partial charge >= 0.3 is 0 Å². The first-order valence-corrected chi connectivity index (χ1v) is 10.8. The van der Waals surface area contributed by atoms with Crippen molar-refractivity contribution in [3.8, 4) is 0 Å². The lowest BCUT2D eigenvalue weighted by atomic mass is 10.0. The lowest BCUT2D eigenvalue weighted by molar-refractivity contribution is -0.176. The van der Waals surface area contributed by atoms with Crippen molar-refractivity contribution < 1.29 is 24.1 Å². The summed E-state index contributed by atoms with van der Waals surface area (Å²) in [4.78, 5) is 12.0. The van der Waals surface area contributed by atoms with Crippen molar-refractivity contribution >= 4 is 6.29 Å². The number of benzene rings is 3. The van der Waals surface area contributed by atoms with Gasteiger partial charge < -0.3 is 24.1 Å². The third-order valence-corrected chi connectivity index (χ3v) is 5.11. The molecule has 0 fully saturated rings. The molecule has 5 nitrogen and oxygen atoms in total. The monoisotopic (exact) mass is 434 g/mol. The van der Waals surface area contributed by atoms with Crippen LogP contribution in [0.2, 0.25) is 0 Å². The maximum atomic E-state index is 12.0. The highest BCUT2D eigenvalue weighted by Gasteiger charge is 2.35. The minimum Gasteiger partial charge on any atom is -0.391 e. The Kier molecular flexibility index (Phi) is 9.60. The van der Waals surface area contributed by atoms with Crippen molar-refractivity contribution in [2.75, 3.05) is 0 Å². The summed E-state index contributed by atoms with van der Waals surface area (Å²) in [5, 5.41) is 10.5. The minimum atomic E-state index is -0.908. The topological polar surface area (TPSA) is 65.0 Å². The third-order valence-electron chi connectivity index (χ3n) is 5.11. The molecule has 0 unspecified atom stereocenters. The second-order valence-corrected chi connectivity index (χ2v) is 7.66. The molecule has 3 rings (SSSR count). The summed E-state index contributed by atoms with van der Waals surface area (Å²) in [5.74, 6) is 0.